The number of anilines is 1. The van der Waals surface area contributed by atoms with Gasteiger partial charge in [0.25, 0.3) is 15.9 Å². The van der Waals surface area contributed by atoms with Crippen molar-refractivity contribution >= 4 is 21.7 Å². The Bertz CT molecular complexity index is 1620. The number of halogens is 6. The molecule has 1 atom stereocenters. The highest BCUT2D eigenvalue weighted by molar-refractivity contribution is 7.90. The third-order valence-electron chi connectivity index (χ3n) is 6.93. The first-order valence-electron chi connectivity index (χ1n) is 12.6. The van der Waals surface area contributed by atoms with Crippen molar-refractivity contribution in [3.63, 3.8) is 0 Å². The smallest absolute Gasteiger partial charge is 0.416 e. The Kier molecular flexibility index (Phi) is 7.38. The number of aliphatic hydroxyl groups is 1. The number of hydrogen-bond acceptors (Lipinski definition) is 7. The molecule has 1 aliphatic carbocycles. The van der Waals surface area contributed by atoms with E-state index in [2.05, 4.69) is 4.98 Å². The van der Waals surface area contributed by atoms with Crippen molar-refractivity contribution in [2.24, 2.45) is 0 Å². The van der Waals surface area contributed by atoms with E-state index in [0.717, 1.165) is 30.3 Å². The topological polar surface area (TPSA) is 109 Å². The number of benzene rings is 2. The van der Waals surface area contributed by atoms with Gasteiger partial charge in [0.05, 0.1) is 17.2 Å². The highest BCUT2D eigenvalue weighted by Gasteiger charge is 2.54. The summed E-state index contributed by atoms with van der Waals surface area (Å²) in [6.45, 7) is 0.678. The molecule has 2 aliphatic rings. The molecule has 5 rings (SSSR count). The van der Waals surface area contributed by atoms with E-state index in [1.165, 1.54) is 18.2 Å². The molecule has 0 spiro atoms. The third-order valence-corrected chi connectivity index (χ3v) is 8.16. The van der Waals surface area contributed by atoms with Crippen LogP contribution in [0.1, 0.15) is 30.4 Å². The summed E-state index contributed by atoms with van der Waals surface area (Å²) in [6, 6.07) is 10.1. The number of aromatic nitrogens is 1. The number of rotatable bonds is 7. The molecule has 42 heavy (non-hydrogen) atoms. The van der Waals surface area contributed by atoms with Crippen LogP contribution in [0.3, 0.4) is 0 Å². The highest BCUT2D eigenvalue weighted by atomic mass is 32.2. The maximum absolute atomic E-state index is 13.5. The number of amides is 1. The molecule has 1 amide bonds. The molecule has 8 nitrogen and oxygen atoms in total. The van der Waals surface area contributed by atoms with Crippen molar-refractivity contribution in [1.29, 1.82) is 0 Å². The maximum Gasteiger partial charge on any atom is 0.416 e. The normalized spacial score (nSPS) is 18.5. The van der Waals surface area contributed by atoms with Gasteiger partial charge in [-0.05, 0) is 48.4 Å². The number of β-amino-alcohol motifs (C(OH)–C–C–N with tert-alkyl or cyclic N) is 1. The number of nitrogens with one attached hydrogen (secondary N) is 1. The lowest BCUT2D eigenvalue weighted by molar-refractivity contribution is -0.138. The molecule has 224 valence electrons. The molecule has 1 saturated carbocycles. The van der Waals surface area contributed by atoms with E-state index in [1.807, 2.05) is 4.72 Å². The van der Waals surface area contributed by atoms with Gasteiger partial charge in [-0.2, -0.15) is 34.8 Å². The van der Waals surface area contributed by atoms with Crippen molar-refractivity contribution < 1.29 is 49.4 Å². The molecule has 2 heterocycles. The second kappa shape index (κ2) is 10.5. The van der Waals surface area contributed by atoms with Crippen molar-refractivity contribution in [1.82, 2.24) is 9.71 Å². The van der Waals surface area contributed by atoms with Gasteiger partial charge in [0.15, 0.2) is 10.6 Å². The summed E-state index contributed by atoms with van der Waals surface area (Å²) in [5.74, 6) is -1.45. The molecule has 2 N–H and O–H groups in total. The number of ether oxygens (including phenoxy) is 1. The summed E-state index contributed by atoms with van der Waals surface area (Å²) in [4.78, 5) is 18.9. The lowest BCUT2D eigenvalue weighted by Crippen LogP contribution is -2.43. The average molecular weight is 616 g/mol. The van der Waals surface area contributed by atoms with Crippen LogP contribution < -0.4 is 14.4 Å². The summed E-state index contributed by atoms with van der Waals surface area (Å²) in [7, 11) is -4.56. The zero-order valence-electron chi connectivity index (χ0n) is 21.5. The summed E-state index contributed by atoms with van der Waals surface area (Å²) >= 11 is 0. The van der Waals surface area contributed by atoms with Gasteiger partial charge in [-0.1, -0.05) is 24.3 Å². The van der Waals surface area contributed by atoms with Crippen molar-refractivity contribution in [3.8, 4) is 16.9 Å². The Morgan fingerprint density at radius 1 is 0.976 bits per heavy atom. The molecule has 1 saturated heterocycles. The van der Waals surface area contributed by atoms with Crippen LogP contribution in [0.4, 0.5) is 32.2 Å². The van der Waals surface area contributed by atoms with Crippen molar-refractivity contribution in [3.05, 3.63) is 71.8 Å². The Morgan fingerprint density at radius 3 is 2.26 bits per heavy atom. The first-order valence-corrected chi connectivity index (χ1v) is 14.1. The fraction of sp³-hybridized carbons (Fsp3) is 0.333. The van der Waals surface area contributed by atoms with Gasteiger partial charge in [0.2, 0.25) is 0 Å². The zero-order chi connectivity index (χ0) is 30.5. The van der Waals surface area contributed by atoms with Gasteiger partial charge in [0.1, 0.15) is 11.6 Å². The summed E-state index contributed by atoms with van der Waals surface area (Å²) < 4.78 is 114. The van der Waals surface area contributed by atoms with E-state index in [4.69, 9.17) is 4.74 Å². The van der Waals surface area contributed by atoms with Crippen LogP contribution in [0, 0.1) is 0 Å². The minimum Gasteiger partial charge on any atom is -0.477 e. The van der Waals surface area contributed by atoms with Crippen LogP contribution in [-0.4, -0.2) is 49.2 Å². The number of carbonyl (C=O) groups is 1. The molecule has 15 heteroatoms. The molecule has 1 aliphatic heterocycles. The summed E-state index contributed by atoms with van der Waals surface area (Å²) in [5.41, 5.74) is -4.38. The molecule has 0 radical (unpaired) electrons. The molecule has 0 unspecified atom stereocenters. The lowest BCUT2D eigenvalue weighted by atomic mass is 10.00. The van der Waals surface area contributed by atoms with Gasteiger partial charge in [-0.15, -0.1) is 0 Å². The third kappa shape index (κ3) is 6.16. The number of hydrogen-bond donors (Lipinski definition) is 2. The molecular formula is C27H23F6N3O5S. The summed E-state index contributed by atoms with van der Waals surface area (Å²) in [5, 5.41) is 9.25. The van der Waals surface area contributed by atoms with Crippen LogP contribution in [0.25, 0.3) is 11.1 Å². The number of pyridine rings is 1. The minimum atomic E-state index is -4.84. The van der Waals surface area contributed by atoms with Crippen LogP contribution in [0.5, 0.6) is 5.75 Å². The van der Waals surface area contributed by atoms with Gasteiger partial charge in [0, 0.05) is 31.5 Å². The predicted molar refractivity (Wildman–Crippen MR) is 137 cm³/mol. The van der Waals surface area contributed by atoms with E-state index in [1.54, 1.807) is 4.90 Å². The molecule has 3 aromatic rings. The van der Waals surface area contributed by atoms with Gasteiger partial charge >= 0.3 is 12.4 Å². The number of aliphatic hydroxyl groups excluding tert-OH is 1. The SMILES string of the molecule is O=C(NS(=O)(=O)c1cccc(N2CC[C@H](O)C2)n1)C1(Oc2cc(C(F)(F)F)ccc2-c2cccc(C(F)(F)F)c2)CC1. The van der Waals surface area contributed by atoms with E-state index in [0.29, 0.717) is 25.1 Å². The number of sulfonamides is 1. The molecule has 2 fully saturated rings. The Hall–Kier alpha value is -3.85. The largest absolute Gasteiger partial charge is 0.477 e. The second-order valence-electron chi connectivity index (χ2n) is 10.0. The quantitative estimate of drug-likeness (QED) is 0.369. The summed E-state index contributed by atoms with van der Waals surface area (Å²) in [6.07, 6.45) is -9.83. The van der Waals surface area contributed by atoms with Gasteiger partial charge < -0.3 is 14.7 Å². The molecule has 1 aromatic heterocycles. The van der Waals surface area contributed by atoms with Crippen molar-refractivity contribution in [2.75, 3.05) is 18.0 Å². The first-order chi connectivity index (χ1) is 19.6. The zero-order valence-corrected chi connectivity index (χ0v) is 22.4. The fourth-order valence-corrected chi connectivity index (χ4v) is 5.54. The number of alkyl halides is 6. The van der Waals surface area contributed by atoms with Gasteiger partial charge in [-0.3, -0.25) is 4.79 Å². The molecule has 0 bridgehead atoms. The highest BCUT2D eigenvalue weighted by Crippen LogP contribution is 2.46. The monoisotopic (exact) mass is 615 g/mol. The van der Waals surface area contributed by atoms with Gasteiger partial charge in [-0.25, -0.2) is 9.71 Å². The lowest BCUT2D eigenvalue weighted by Gasteiger charge is -2.22. The van der Waals surface area contributed by atoms with Crippen LogP contribution in [0.2, 0.25) is 0 Å². The average Bonchev–Trinajstić information content (AvgIpc) is 3.58. The Balaban J connectivity index is 1.43. The van der Waals surface area contributed by atoms with E-state index in [-0.39, 0.29) is 36.3 Å². The molecule has 2 aromatic carbocycles. The van der Waals surface area contributed by atoms with E-state index in [9.17, 15) is 44.7 Å². The Labute approximate surface area is 236 Å². The Morgan fingerprint density at radius 2 is 1.64 bits per heavy atom. The van der Waals surface area contributed by atoms with E-state index >= 15 is 0 Å². The van der Waals surface area contributed by atoms with Crippen molar-refractivity contribution in [2.45, 2.75) is 48.3 Å². The van der Waals surface area contributed by atoms with Crippen LogP contribution in [0.15, 0.2) is 65.7 Å². The maximum atomic E-state index is 13.5. The fourth-order valence-electron chi connectivity index (χ4n) is 4.53. The van der Waals surface area contributed by atoms with Crippen LogP contribution >= 0.6 is 0 Å². The predicted octanol–water partition coefficient (Wildman–Crippen LogP) is 4.77. The first kappa shape index (κ1) is 29.6. The standard InChI is InChI=1S/C27H23F6N3O5S/c28-26(29,30)17-4-1-3-16(13-17)20-8-7-18(27(31,32)33)14-21(20)41-25(10-11-25)24(38)35-42(39,40)23-6-2-5-22(34-23)36-12-9-19(37)15-36/h1-8,13-14,19,37H,9-12,15H2,(H,35,38)/t19-/m0/s1. The number of carbonyl (C=O) groups excluding carboxylic acids is 1. The van der Waals surface area contributed by atoms with Crippen LogP contribution in [-0.2, 0) is 27.2 Å². The molecular weight excluding hydrogens is 592 g/mol. The minimum absolute atomic E-state index is 0.0637. The van der Waals surface area contributed by atoms with E-state index < -0.39 is 61.9 Å². The number of nitrogens with zero attached hydrogens (tertiary/aromatic N) is 2. The second-order valence-corrected chi connectivity index (χ2v) is 11.7.